The van der Waals surface area contributed by atoms with E-state index in [4.69, 9.17) is 14.1 Å². The molecule has 5 heteroatoms. The average molecular weight is 991 g/mol. The Labute approximate surface area is 384 Å². The number of phenols is 1. The van der Waals surface area contributed by atoms with Gasteiger partial charge in [0.1, 0.15) is 11.6 Å². The zero-order chi connectivity index (χ0) is 45.0. The Morgan fingerprint density at radius 2 is 1.24 bits per heavy atom. The number of aromatic nitrogens is 3. The van der Waals surface area contributed by atoms with Crippen LogP contribution in [0.5, 0.6) is 5.75 Å². The third kappa shape index (κ3) is 8.08. The van der Waals surface area contributed by atoms with Gasteiger partial charge in [-0.15, -0.1) is 29.3 Å². The second-order valence-corrected chi connectivity index (χ2v) is 17.8. The molecule has 7 aromatic carbocycles. The number of hydrogen-bond donors (Lipinski definition) is 1. The Morgan fingerprint density at radius 3 is 1.95 bits per heavy atom. The molecule has 1 N–H and O–H groups in total. The van der Waals surface area contributed by atoms with Gasteiger partial charge in [0.05, 0.1) is 22.3 Å². The summed E-state index contributed by atoms with van der Waals surface area (Å²) < 4.78 is 29.1. The number of imidazole rings is 1. The third-order valence-electron chi connectivity index (χ3n) is 11.5. The van der Waals surface area contributed by atoms with E-state index in [0.29, 0.717) is 28.1 Å². The third-order valence-corrected chi connectivity index (χ3v) is 11.5. The van der Waals surface area contributed by atoms with Crippen LogP contribution in [0.4, 0.5) is 0 Å². The summed E-state index contributed by atoms with van der Waals surface area (Å²) in [6.07, 6.45) is 1.84. The molecule has 4 nitrogen and oxygen atoms in total. The van der Waals surface area contributed by atoms with Gasteiger partial charge < -0.3 is 5.11 Å². The van der Waals surface area contributed by atoms with Gasteiger partial charge in [-0.1, -0.05) is 168 Å². The number of fused-ring (bicyclic) bond motifs is 1. The summed E-state index contributed by atoms with van der Waals surface area (Å²) in [5.41, 5.74) is 13.5. The van der Waals surface area contributed by atoms with Crippen molar-refractivity contribution >= 4 is 11.0 Å². The van der Waals surface area contributed by atoms with E-state index in [1.165, 1.54) is 0 Å². The van der Waals surface area contributed by atoms with Crippen LogP contribution in [0, 0.1) is 12.9 Å². The van der Waals surface area contributed by atoms with Crippen LogP contribution >= 0.6 is 0 Å². The van der Waals surface area contributed by atoms with Gasteiger partial charge in [-0.2, -0.15) is 0 Å². The van der Waals surface area contributed by atoms with Gasteiger partial charge in [-0.25, -0.2) is 4.98 Å². The van der Waals surface area contributed by atoms with Gasteiger partial charge >= 0.3 is 0 Å². The largest absolute Gasteiger partial charge is 0.507 e. The summed E-state index contributed by atoms with van der Waals surface area (Å²) in [6, 6.07) is 57.8. The Morgan fingerprint density at radius 1 is 0.581 bits per heavy atom. The smallest absolute Gasteiger partial charge is 0.148 e. The summed E-state index contributed by atoms with van der Waals surface area (Å²) in [7, 11) is 0. The van der Waals surface area contributed by atoms with Crippen molar-refractivity contribution in [3.8, 4) is 78.6 Å². The number of phenolic OH excluding ortho intramolecular Hbond substituents is 1. The van der Waals surface area contributed by atoms with Crippen LogP contribution in [0.1, 0.15) is 62.3 Å². The second kappa shape index (κ2) is 16.8. The van der Waals surface area contributed by atoms with Crippen molar-refractivity contribution in [1.29, 1.82) is 0 Å². The maximum Gasteiger partial charge on any atom is 0.148 e. The molecule has 62 heavy (non-hydrogen) atoms. The van der Waals surface area contributed by atoms with E-state index >= 15 is 0 Å². The molecule has 2 aromatic heterocycles. The SMILES string of the molecule is [2H]C([2H])([2H])c1cc(-c2c(-c3ccccc3)cccc2C(C)(C)C)ccc1-n1c(-c2ccccc2O)nc2c(-c3[c-]c(-c4cc(-c5ccccc5)ccn4)cc(C(C)(C)C)c3)cccc21.[Pt]. The molecule has 0 fully saturated rings. The minimum absolute atomic E-state index is 0. The fourth-order valence-electron chi connectivity index (χ4n) is 8.31. The standard InChI is InChI=1S/C57H50N3O.Pt/c1-37-32-41(53-45(39-20-12-9-13-21-39)23-16-25-48(53)57(5,6)7)28-29-50(37)60-51-26-17-24-46(54(51)59-55(60)47-22-14-15-27-52(47)61)42-33-43(35-44(34-42)56(2,3)4)49-36-40(30-31-58-49)38-18-10-8-11-19-38;/h8-32,34-36,61H,1-7H3;/q-1;/i1D3;. The Bertz CT molecular complexity index is 3180. The van der Waals surface area contributed by atoms with Crippen LogP contribution in [-0.4, -0.2) is 19.6 Å². The average Bonchev–Trinajstić information content (AvgIpc) is 3.68. The topological polar surface area (TPSA) is 50.9 Å². The summed E-state index contributed by atoms with van der Waals surface area (Å²) >= 11 is 0. The first-order chi connectivity index (χ1) is 30.6. The van der Waals surface area contributed by atoms with Gasteiger partial charge in [0.2, 0.25) is 0 Å². The van der Waals surface area contributed by atoms with E-state index in [1.807, 2.05) is 102 Å². The van der Waals surface area contributed by atoms with Crippen LogP contribution in [0.15, 0.2) is 170 Å². The van der Waals surface area contributed by atoms with Gasteiger partial charge in [-0.05, 0) is 98.6 Å². The van der Waals surface area contributed by atoms with Gasteiger partial charge in [-0.3, -0.25) is 9.55 Å². The quantitative estimate of drug-likeness (QED) is 0.162. The van der Waals surface area contributed by atoms with E-state index in [9.17, 15) is 5.11 Å². The Balaban J connectivity index is 0.00000576. The maximum atomic E-state index is 11.4. The fraction of sp³-hybridized carbons (Fsp3) is 0.158. The molecule has 0 amide bonds. The molecule has 0 aliphatic carbocycles. The molecule has 0 aliphatic rings. The first-order valence-corrected chi connectivity index (χ1v) is 20.8. The van der Waals surface area contributed by atoms with Crippen molar-refractivity contribution in [3.05, 3.63) is 193 Å². The monoisotopic (exact) mass is 990 g/mol. The number of pyridine rings is 1. The fourth-order valence-corrected chi connectivity index (χ4v) is 8.31. The van der Waals surface area contributed by atoms with Crippen LogP contribution in [0.3, 0.4) is 0 Å². The molecular formula is C57H50N3OPt-. The van der Waals surface area contributed by atoms with Gasteiger partial charge in [0, 0.05) is 37.1 Å². The van der Waals surface area contributed by atoms with E-state index in [2.05, 4.69) is 108 Å². The van der Waals surface area contributed by atoms with Gasteiger partial charge in [0.15, 0.2) is 0 Å². The number of aromatic hydroxyl groups is 1. The van der Waals surface area contributed by atoms with Crippen molar-refractivity contribution in [2.24, 2.45) is 0 Å². The number of rotatable bonds is 7. The van der Waals surface area contributed by atoms with Crippen molar-refractivity contribution in [3.63, 3.8) is 0 Å². The van der Waals surface area contributed by atoms with E-state index in [-0.39, 0.29) is 43.2 Å². The second-order valence-electron chi connectivity index (χ2n) is 17.8. The van der Waals surface area contributed by atoms with Crippen LogP contribution in [0.25, 0.3) is 83.9 Å². The van der Waals surface area contributed by atoms with Crippen LogP contribution in [0.2, 0.25) is 0 Å². The summed E-state index contributed by atoms with van der Waals surface area (Å²) in [5.74, 6) is 0.454. The Kier molecular flexibility index (Phi) is 10.5. The predicted octanol–water partition coefficient (Wildman–Crippen LogP) is 14.8. The van der Waals surface area contributed by atoms with Crippen LogP contribution < -0.4 is 0 Å². The zero-order valence-electron chi connectivity index (χ0n) is 38.8. The number of para-hydroxylation sites is 2. The molecule has 310 valence electrons. The first-order valence-electron chi connectivity index (χ1n) is 22.3. The molecule has 0 saturated heterocycles. The number of aryl methyl sites for hydroxylation is 1. The first kappa shape index (κ1) is 38.6. The van der Waals surface area contributed by atoms with Crippen molar-refractivity contribution < 1.29 is 30.3 Å². The summed E-state index contributed by atoms with van der Waals surface area (Å²) in [4.78, 5) is 10.2. The Hall–Kier alpha value is -6.35. The minimum atomic E-state index is -2.52. The summed E-state index contributed by atoms with van der Waals surface area (Å²) in [6.45, 7) is 10.6. The number of benzene rings is 7. The summed E-state index contributed by atoms with van der Waals surface area (Å²) in [5, 5.41) is 11.4. The molecule has 0 spiro atoms. The molecule has 0 atom stereocenters. The molecule has 0 unspecified atom stereocenters. The normalized spacial score (nSPS) is 12.6. The molecular weight excluding hydrogens is 938 g/mol. The molecule has 9 rings (SSSR count). The molecule has 0 radical (unpaired) electrons. The van der Waals surface area contributed by atoms with Crippen molar-refractivity contribution in [2.75, 3.05) is 0 Å². The molecule has 0 saturated carbocycles. The van der Waals surface area contributed by atoms with E-state index < -0.39 is 6.85 Å². The molecule has 9 aromatic rings. The van der Waals surface area contributed by atoms with Gasteiger partial charge in [0.25, 0.3) is 0 Å². The minimum Gasteiger partial charge on any atom is -0.507 e. The van der Waals surface area contributed by atoms with Crippen molar-refractivity contribution in [2.45, 2.75) is 59.2 Å². The van der Waals surface area contributed by atoms with Crippen molar-refractivity contribution in [1.82, 2.24) is 14.5 Å². The maximum absolute atomic E-state index is 11.4. The van der Waals surface area contributed by atoms with Crippen LogP contribution in [-0.2, 0) is 31.9 Å². The molecule has 2 heterocycles. The van der Waals surface area contributed by atoms with E-state index in [0.717, 1.165) is 66.9 Å². The number of nitrogens with zero attached hydrogens (tertiary/aromatic N) is 3. The molecule has 0 bridgehead atoms. The zero-order valence-corrected chi connectivity index (χ0v) is 38.0. The predicted molar refractivity (Wildman–Crippen MR) is 254 cm³/mol. The number of hydrogen-bond acceptors (Lipinski definition) is 3. The van der Waals surface area contributed by atoms with E-state index in [1.54, 1.807) is 12.1 Å². The molecule has 0 aliphatic heterocycles.